The van der Waals surface area contributed by atoms with Gasteiger partial charge in [-0.2, -0.15) is 0 Å². The predicted molar refractivity (Wildman–Crippen MR) is 106 cm³/mol. The van der Waals surface area contributed by atoms with E-state index >= 15 is 0 Å². The van der Waals surface area contributed by atoms with Crippen LogP contribution >= 0.6 is 36.4 Å². The Balaban J connectivity index is 0.00000144. The van der Waals surface area contributed by atoms with Gasteiger partial charge in [0.2, 0.25) is 0 Å². The smallest absolute Gasteiger partial charge is 0.134 e. The summed E-state index contributed by atoms with van der Waals surface area (Å²) in [5.41, 5.74) is 2.13. The average molecular weight is 392 g/mol. The van der Waals surface area contributed by atoms with Gasteiger partial charge < -0.3 is 15.1 Å². The van der Waals surface area contributed by atoms with Gasteiger partial charge in [-0.1, -0.05) is 23.7 Å². The lowest BCUT2D eigenvalue weighted by Gasteiger charge is -2.22. The first kappa shape index (κ1) is 21.3. The van der Waals surface area contributed by atoms with E-state index in [-0.39, 0.29) is 24.8 Å². The number of hydrogen-bond acceptors (Lipinski definition) is 3. The fraction of sp³-hybridized carbons (Fsp3) is 0.444. The van der Waals surface area contributed by atoms with Crippen LogP contribution in [0.15, 0.2) is 34.7 Å². The molecular weight excluding hydrogens is 367 g/mol. The molecule has 1 aromatic carbocycles. The fourth-order valence-electron chi connectivity index (χ4n) is 2.98. The van der Waals surface area contributed by atoms with Crippen molar-refractivity contribution in [3.63, 3.8) is 0 Å². The number of piperidine rings is 1. The molecule has 134 valence electrons. The number of halogens is 3. The molecule has 1 aromatic heterocycles. The van der Waals surface area contributed by atoms with Gasteiger partial charge >= 0.3 is 0 Å². The van der Waals surface area contributed by atoms with E-state index < -0.39 is 0 Å². The molecule has 0 atom stereocenters. The molecule has 0 saturated carbocycles. The van der Waals surface area contributed by atoms with Crippen molar-refractivity contribution in [2.45, 2.75) is 26.3 Å². The Morgan fingerprint density at radius 3 is 2.67 bits per heavy atom. The molecule has 0 bridgehead atoms. The van der Waals surface area contributed by atoms with Crippen molar-refractivity contribution in [1.29, 1.82) is 0 Å². The van der Waals surface area contributed by atoms with E-state index in [1.807, 2.05) is 37.3 Å². The predicted octanol–water partition coefficient (Wildman–Crippen LogP) is 4.84. The Labute approximate surface area is 161 Å². The van der Waals surface area contributed by atoms with Crippen LogP contribution in [0.4, 0.5) is 0 Å². The Bertz CT molecular complexity index is 624. The number of hydrogen-bond donors (Lipinski definition) is 2. The minimum Gasteiger partial charge on any atom is -0.460 e. The summed E-state index contributed by atoms with van der Waals surface area (Å²) >= 11 is 6.18. The standard InChI is InChI=1S/C18H23ClN2O.2ClH/c1-13-16(3-2-4-17(13)19)18-6-5-15(22-18)12-21-11-14-7-9-20-10-8-14;;/h2-6,14,20-21H,7-12H2,1H3;2*1H. The second-order valence-corrected chi connectivity index (χ2v) is 6.41. The Morgan fingerprint density at radius 2 is 1.92 bits per heavy atom. The normalized spacial score (nSPS) is 14.8. The summed E-state index contributed by atoms with van der Waals surface area (Å²) in [5.74, 6) is 2.65. The maximum atomic E-state index is 6.18. The van der Waals surface area contributed by atoms with Gasteiger partial charge in [0.1, 0.15) is 11.5 Å². The lowest BCUT2D eigenvalue weighted by molar-refractivity contribution is 0.350. The van der Waals surface area contributed by atoms with Crippen LogP contribution < -0.4 is 10.6 Å². The molecule has 3 rings (SSSR count). The molecule has 2 N–H and O–H groups in total. The van der Waals surface area contributed by atoms with Crippen molar-refractivity contribution in [2.75, 3.05) is 19.6 Å². The number of nitrogens with one attached hydrogen (secondary N) is 2. The van der Waals surface area contributed by atoms with Crippen molar-refractivity contribution < 1.29 is 4.42 Å². The third kappa shape index (κ3) is 5.40. The molecule has 1 saturated heterocycles. The molecule has 0 unspecified atom stereocenters. The molecule has 0 radical (unpaired) electrons. The first-order chi connectivity index (χ1) is 10.7. The first-order valence-electron chi connectivity index (χ1n) is 7.99. The molecule has 6 heteroatoms. The lowest BCUT2D eigenvalue weighted by Crippen LogP contribution is -2.33. The molecule has 1 fully saturated rings. The Morgan fingerprint density at radius 1 is 1.17 bits per heavy atom. The molecule has 3 nitrogen and oxygen atoms in total. The molecule has 24 heavy (non-hydrogen) atoms. The van der Waals surface area contributed by atoms with Crippen molar-refractivity contribution in [3.05, 3.63) is 46.7 Å². The summed E-state index contributed by atoms with van der Waals surface area (Å²) < 4.78 is 5.96. The van der Waals surface area contributed by atoms with Crippen LogP contribution in [0.1, 0.15) is 24.2 Å². The van der Waals surface area contributed by atoms with Gasteiger partial charge in [0, 0.05) is 10.6 Å². The maximum Gasteiger partial charge on any atom is 0.134 e. The Hall–Kier alpha value is -0.710. The zero-order valence-corrected chi connectivity index (χ0v) is 16.2. The van der Waals surface area contributed by atoms with E-state index in [1.54, 1.807) is 0 Å². The van der Waals surface area contributed by atoms with Gasteiger partial charge in [-0.15, -0.1) is 24.8 Å². The molecule has 0 aliphatic carbocycles. The third-order valence-electron chi connectivity index (χ3n) is 4.39. The SMILES string of the molecule is Cc1c(Cl)cccc1-c1ccc(CNCC2CCNCC2)o1.Cl.Cl. The highest BCUT2D eigenvalue weighted by Gasteiger charge is 2.13. The van der Waals surface area contributed by atoms with Gasteiger partial charge in [0.05, 0.1) is 6.54 Å². The van der Waals surface area contributed by atoms with E-state index in [0.29, 0.717) is 0 Å². The molecule has 0 amide bonds. The molecule has 0 spiro atoms. The molecule has 2 aromatic rings. The van der Waals surface area contributed by atoms with Gasteiger partial charge in [-0.3, -0.25) is 0 Å². The number of rotatable bonds is 5. The maximum absolute atomic E-state index is 6.18. The minimum atomic E-state index is 0. The summed E-state index contributed by atoms with van der Waals surface area (Å²) in [7, 11) is 0. The van der Waals surface area contributed by atoms with Crippen molar-refractivity contribution in [3.8, 4) is 11.3 Å². The first-order valence-corrected chi connectivity index (χ1v) is 8.37. The van der Waals surface area contributed by atoms with Crippen molar-refractivity contribution in [1.82, 2.24) is 10.6 Å². The zero-order chi connectivity index (χ0) is 15.4. The van der Waals surface area contributed by atoms with Gasteiger partial charge in [-0.05, 0) is 69.1 Å². The van der Waals surface area contributed by atoms with E-state index in [9.17, 15) is 0 Å². The topological polar surface area (TPSA) is 37.2 Å². The van der Waals surface area contributed by atoms with Crippen LogP contribution in [0.25, 0.3) is 11.3 Å². The zero-order valence-electron chi connectivity index (χ0n) is 13.8. The van der Waals surface area contributed by atoms with E-state index in [4.69, 9.17) is 16.0 Å². The van der Waals surface area contributed by atoms with Gasteiger partial charge in [-0.25, -0.2) is 0 Å². The minimum absolute atomic E-state index is 0. The molecular formula is C18H25Cl3N2O. The summed E-state index contributed by atoms with van der Waals surface area (Å²) in [6.07, 6.45) is 2.52. The van der Waals surface area contributed by atoms with Crippen LogP contribution in [-0.4, -0.2) is 19.6 Å². The highest BCUT2D eigenvalue weighted by atomic mass is 35.5. The largest absolute Gasteiger partial charge is 0.460 e. The highest BCUT2D eigenvalue weighted by molar-refractivity contribution is 6.31. The van der Waals surface area contributed by atoms with Crippen LogP contribution in [0.2, 0.25) is 5.02 Å². The fourth-order valence-corrected chi connectivity index (χ4v) is 3.15. The van der Waals surface area contributed by atoms with Crippen LogP contribution in [-0.2, 0) is 6.54 Å². The van der Waals surface area contributed by atoms with E-state index in [0.717, 1.165) is 59.8 Å². The van der Waals surface area contributed by atoms with Crippen LogP contribution in [0.5, 0.6) is 0 Å². The second-order valence-electron chi connectivity index (χ2n) is 6.00. The van der Waals surface area contributed by atoms with Gasteiger partial charge in [0.25, 0.3) is 0 Å². The second kappa shape index (κ2) is 10.3. The number of benzene rings is 1. The highest BCUT2D eigenvalue weighted by Crippen LogP contribution is 2.29. The van der Waals surface area contributed by atoms with E-state index in [2.05, 4.69) is 10.6 Å². The lowest BCUT2D eigenvalue weighted by atomic mass is 9.98. The van der Waals surface area contributed by atoms with Crippen LogP contribution in [0, 0.1) is 12.8 Å². The summed E-state index contributed by atoms with van der Waals surface area (Å²) in [5, 5.41) is 7.69. The number of furan rings is 1. The van der Waals surface area contributed by atoms with Crippen molar-refractivity contribution in [2.24, 2.45) is 5.92 Å². The Kier molecular flexibility index (Phi) is 9.17. The molecule has 1 aliphatic heterocycles. The monoisotopic (exact) mass is 390 g/mol. The average Bonchev–Trinajstić information content (AvgIpc) is 3.00. The van der Waals surface area contributed by atoms with E-state index in [1.165, 1.54) is 12.8 Å². The van der Waals surface area contributed by atoms with Crippen molar-refractivity contribution >= 4 is 36.4 Å². The quantitative estimate of drug-likeness (QED) is 0.765. The summed E-state index contributed by atoms with van der Waals surface area (Å²) in [4.78, 5) is 0. The summed E-state index contributed by atoms with van der Waals surface area (Å²) in [6, 6.07) is 9.99. The summed E-state index contributed by atoms with van der Waals surface area (Å²) in [6.45, 7) is 6.16. The van der Waals surface area contributed by atoms with Crippen LogP contribution in [0.3, 0.4) is 0 Å². The third-order valence-corrected chi connectivity index (χ3v) is 4.80. The van der Waals surface area contributed by atoms with Gasteiger partial charge in [0.15, 0.2) is 0 Å². The molecule has 1 aliphatic rings. The molecule has 2 heterocycles.